The monoisotopic (exact) mass is 194 g/mol. The number of aliphatic hydroxyl groups is 1. The molecule has 0 radical (unpaired) electrons. The topological polar surface area (TPSA) is 20.2 Å². The predicted octanol–water partition coefficient (Wildman–Crippen LogP) is 3.14. The number of aliphatic hydroxyl groups excluding tert-OH is 1. The van der Waals surface area contributed by atoms with Crippen LogP contribution in [0.15, 0.2) is 12.2 Å². The average molecular weight is 194 g/mol. The zero-order chi connectivity index (χ0) is 10.4. The van der Waals surface area contributed by atoms with E-state index in [0.717, 1.165) is 6.42 Å². The van der Waals surface area contributed by atoms with E-state index in [0.29, 0.717) is 11.3 Å². The highest BCUT2D eigenvalue weighted by molar-refractivity contribution is 5.11. The van der Waals surface area contributed by atoms with Crippen LogP contribution in [0.3, 0.4) is 0 Å². The summed E-state index contributed by atoms with van der Waals surface area (Å²) >= 11 is 0. The molecule has 80 valence electrons. The molecular formula is C13H22O. The van der Waals surface area contributed by atoms with E-state index in [2.05, 4.69) is 26.8 Å². The molecule has 1 N–H and O–H groups in total. The van der Waals surface area contributed by atoms with Gasteiger partial charge in [0.1, 0.15) is 0 Å². The standard InChI is InChI=1S/C13H22O/c1-12(2)8-5-9-13(3)10(12)6-4-7-11(13)14/h4,7,10-11,14H,5-6,8-9H2,1-3H3. The smallest absolute Gasteiger partial charge is 0.0777 e. The summed E-state index contributed by atoms with van der Waals surface area (Å²) in [6.45, 7) is 6.99. The molecule has 2 aliphatic rings. The van der Waals surface area contributed by atoms with E-state index in [1.165, 1.54) is 19.3 Å². The van der Waals surface area contributed by atoms with Crippen LogP contribution in [0.5, 0.6) is 0 Å². The maximum atomic E-state index is 10.1. The summed E-state index contributed by atoms with van der Waals surface area (Å²) in [6, 6.07) is 0. The summed E-state index contributed by atoms with van der Waals surface area (Å²) in [5, 5.41) is 10.1. The van der Waals surface area contributed by atoms with E-state index in [1.54, 1.807) is 0 Å². The molecule has 0 saturated heterocycles. The summed E-state index contributed by atoms with van der Waals surface area (Å²) in [7, 11) is 0. The van der Waals surface area contributed by atoms with Gasteiger partial charge in [0, 0.05) is 5.41 Å². The molecule has 1 fully saturated rings. The lowest BCUT2D eigenvalue weighted by Crippen LogP contribution is -2.49. The third-order valence-corrected chi connectivity index (χ3v) is 4.64. The second kappa shape index (κ2) is 3.10. The first-order chi connectivity index (χ1) is 6.47. The Hall–Kier alpha value is -0.300. The van der Waals surface area contributed by atoms with Gasteiger partial charge in [0.25, 0.3) is 0 Å². The number of rotatable bonds is 0. The zero-order valence-electron chi connectivity index (χ0n) is 9.59. The molecule has 0 aromatic carbocycles. The summed E-state index contributed by atoms with van der Waals surface area (Å²) in [5.41, 5.74) is 0.537. The molecule has 0 aromatic rings. The zero-order valence-corrected chi connectivity index (χ0v) is 9.59. The molecule has 0 amide bonds. The Morgan fingerprint density at radius 2 is 1.93 bits per heavy atom. The summed E-state index contributed by atoms with van der Waals surface area (Å²) in [4.78, 5) is 0. The number of allylic oxidation sites excluding steroid dienone is 1. The molecule has 0 spiro atoms. The van der Waals surface area contributed by atoms with E-state index in [-0.39, 0.29) is 11.5 Å². The maximum absolute atomic E-state index is 10.1. The van der Waals surface area contributed by atoms with Crippen LogP contribution in [-0.4, -0.2) is 11.2 Å². The highest BCUT2D eigenvalue weighted by Gasteiger charge is 2.50. The van der Waals surface area contributed by atoms with Gasteiger partial charge in [-0.25, -0.2) is 0 Å². The average Bonchev–Trinajstić information content (AvgIpc) is 2.08. The Labute approximate surface area is 87.2 Å². The Morgan fingerprint density at radius 3 is 2.57 bits per heavy atom. The van der Waals surface area contributed by atoms with Crippen molar-refractivity contribution in [1.82, 2.24) is 0 Å². The minimum absolute atomic E-state index is 0.135. The Bertz CT molecular complexity index is 254. The van der Waals surface area contributed by atoms with Crippen molar-refractivity contribution in [2.45, 2.75) is 52.6 Å². The minimum Gasteiger partial charge on any atom is -0.388 e. The van der Waals surface area contributed by atoms with Crippen LogP contribution in [0.2, 0.25) is 0 Å². The van der Waals surface area contributed by atoms with Crippen molar-refractivity contribution in [3.63, 3.8) is 0 Å². The lowest BCUT2D eigenvalue weighted by molar-refractivity contribution is -0.0715. The van der Waals surface area contributed by atoms with Crippen LogP contribution in [0, 0.1) is 16.7 Å². The van der Waals surface area contributed by atoms with Gasteiger partial charge in [0.05, 0.1) is 6.10 Å². The largest absolute Gasteiger partial charge is 0.388 e. The predicted molar refractivity (Wildman–Crippen MR) is 59.0 cm³/mol. The lowest BCUT2D eigenvalue weighted by Gasteiger charge is -2.54. The van der Waals surface area contributed by atoms with E-state index >= 15 is 0 Å². The van der Waals surface area contributed by atoms with Crippen LogP contribution in [0.25, 0.3) is 0 Å². The Kier molecular flexibility index (Phi) is 2.26. The van der Waals surface area contributed by atoms with Gasteiger partial charge in [-0.1, -0.05) is 39.3 Å². The van der Waals surface area contributed by atoms with E-state index in [1.807, 2.05) is 6.08 Å². The summed E-state index contributed by atoms with van der Waals surface area (Å²) < 4.78 is 0. The van der Waals surface area contributed by atoms with Gasteiger partial charge in [-0.05, 0) is 30.6 Å². The summed E-state index contributed by atoms with van der Waals surface area (Å²) in [6.07, 6.45) is 8.87. The fourth-order valence-electron chi connectivity index (χ4n) is 3.67. The second-order valence-electron chi connectivity index (χ2n) is 6.01. The molecule has 1 saturated carbocycles. The van der Waals surface area contributed by atoms with Crippen molar-refractivity contribution in [2.24, 2.45) is 16.7 Å². The van der Waals surface area contributed by atoms with Gasteiger partial charge in [0.15, 0.2) is 0 Å². The SMILES string of the molecule is CC1(C)CCCC2(C)C(O)C=CCC12. The van der Waals surface area contributed by atoms with Gasteiger partial charge >= 0.3 is 0 Å². The van der Waals surface area contributed by atoms with Crippen molar-refractivity contribution >= 4 is 0 Å². The molecular weight excluding hydrogens is 172 g/mol. The molecule has 3 unspecified atom stereocenters. The van der Waals surface area contributed by atoms with E-state index in [4.69, 9.17) is 0 Å². The Balaban J connectivity index is 2.34. The van der Waals surface area contributed by atoms with Gasteiger partial charge in [0.2, 0.25) is 0 Å². The molecule has 1 heteroatoms. The van der Waals surface area contributed by atoms with Gasteiger partial charge in [-0.3, -0.25) is 0 Å². The fourth-order valence-corrected chi connectivity index (χ4v) is 3.67. The Morgan fingerprint density at radius 1 is 1.21 bits per heavy atom. The molecule has 0 bridgehead atoms. The summed E-state index contributed by atoms with van der Waals surface area (Å²) in [5.74, 6) is 0.656. The van der Waals surface area contributed by atoms with Crippen LogP contribution in [0.1, 0.15) is 46.5 Å². The molecule has 0 aliphatic heterocycles. The second-order valence-corrected chi connectivity index (χ2v) is 6.01. The number of hydrogen-bond acceptors (Lipinski definition) is 1. The van der Waals surface area contributed by atoms with E-state index in [9.17, 15) is 5.11 Å². The van der Waals surface area contributed by atoms with Crippen molar-refractivity contribution in [1.29, 1.82) is 0 Å². The van der Waals surface area contributed by atoms with Crippen LogP contribution in [-0.2, 0) is 0 Å². The van der Waals surface area contributed by atoms with Gasteiger partial charge in [-0.15, -0.1) is 0 Å². The van der Waals surface area contributed by atoms with Crippen molar-refractivity contribution in [3.05, 3.63) is 12.2 Å². The molecule has 0 heterocycles. The van der Waals surface area contributed by atoms with E-state index < -0.39 is 0 Å². The molecule has 3 atom stereocenters. The molecule has 2 rings (SSSR count). The van der Waals surface area contributed by atoms with Crippen molar-refractivity contribution < 1.29 is 5.11 Å². The first-order valence-electron chi connectivity index (χ1n) is 5.81. The fraction of sp³-hybridized carbons (Fsp3) is 0.846. The molecule has 0 aromatic heterocycles. The first-order valence-corrected chi connectivity index (χ1v) is 5.81. The van der Waals surface area contributed by atoms with Crippen LogP contribution >= 0.6 is 0 Å². The third kappa shape index (κ3) is 1.33. The minimum atomic E-state index is -0.221. The van der Waals surface area contributed by atoms with Crippen molar-refractivity contribution in [2.75, 3.05) is 0 Å². The lowest BCUT2D eigenvalue weighted by atomic mass is 9.52. The third-order valence-electron chi connectivity index (χ3n) is 4.64. The first kappa shape index (κ1) is 10.2. The number of fused-ring (bicyclic) bond motifs is 1. The molecule has 2 aliphatic carbocycles. The highest BCUT2D eigenvalue weighted by Crippen LogP contribution is 2.55. The maximum Gasteiger partial charge on any atom is 0.0777 e. The van der Waals surface area contributed by atoms with Crippen molar-refractivity contribution in [3.8, 4) is 0 Å². The normalized spacial score (nSPS) is 46.0. The quantitative estimate of drug-likeness (QED) is 0.587. The number of hydrogen-bond donors (Lipinski definition) is 1. The van der Waals surface area contributed by atoms with Gasteiger partial charge in [-0.2, -0.15) is 0 Å². The van der Waals surface area contributed by atoms with Crippen LogP contribution in [0.4, 0.5) is 0 Å². The van der Waals surface area contributed by atoms with Crippen LogP contribution < -0.4 is 0 Å². The molecule has 1 nitrogen and oxygen atoms in total. The van der Waals surface area contributed by atoms with Gasteiger partial charge < -0.3 is 5.11 Å². The molecule has 14 heavy (non-hydrogen) atoms. The highest BCUT2D eigenvalue weighted by atomic mass is 16.3.